The van der Waals surface area contributed by atoms with Crippen LogP contribution < -0.4 is 4.74 Å². The number of benzene rings is 3. The lowest BCUT2D eigenvalue weighted by atomic mass is 9.96. The number of ether oxygens (including phenoxy) is 2. The van der Waals surface area contributed by atoms with E-state index in [0.29, 0.717) is 10.6 Å². The highest BCUT2D eigenvalue weighted by Crippen LogP contribution is 2.47. The van der Waals surface area contributed by atoms with Crippen molar-refractivity contribution in [2.24, 2.45) is 5.10 Å². The van der Waals surface area contributed by atoms with Crippen molar-refractivity contribution in [1.82, 2.24) is 5.01 Å². The van der Waals surface area contributed by atoms with Crippen LogP contribution in [0.15, 0.2) is 77.9 Å². The maximum Gasteiger partial charge on any atom is 0.337 e. The molecular weight excluding hydrogens is 400 g/mol. The molecule has 3 aromatic rings. The van der Waals surface area contributed by atoms with E-state index in [1.54, 1.807) is 12.1 Å². The Morgan fingerprint density at radius 3 is 2.53 bits per heavy atom. The fourth-order valence-corrected chi connectivity index (χ4v) is 4.10. The van der Waals surface area contributed by atoms with Gasteiger partial charge in [-0.1, -0.05) is 54.1 Å². The number of methoxy groups -OCH3 is 1. The Kier molecular flexibility index (Phi) is 4.68. The average molecular weight is 419 g/mol. The highest BCUT2D eigenvalue weighted by molar-refractivity contribution is 6.30. The van der Waals surface area contributed by atoms with Crippen molar-refractivity contribution >= 4 is 23.3 Å². The molecule has 2 heterocycles. The van der Waals surface area contributed by atoms with Gasteiger partial charge in [0.1, 0.15) is 5.75 Å². The van der Waals surface area contributed by atoms with Crippen LogP contribution in [0.4, 0.5) is 0 Å². The van der Waals surface area contributed by atoms with Crippen LogP contribution in [-0.4, -0.2) is 23.8 Å². The molecule has 2 aliphatic rings. The third kappa shape index (κ3) is 3.21. The Labute approximate surface area is 179 Å². The summed E-state index contributed by atoms with van der Waals surface area (Å²) in [6.45, 7) is 0. The molecule has 30 heavy (non-hydrogen) atoms. The van der Waals surface area contributed by atoms with E-state index in [4.69, 9.17) is 26.2 Å². The first-order valence-electron chi connectivity index (χ1n) is 9.69. The van der Waals surface area contributed by atoms with Gasteiger partial charge in [0.05, 0.1) is 24.4 Å². The number of esters is 1. The first-order valence-corrected chi connectivity index (χ1v) is 10.1. The van der Waals surface area contributed by atoms with Crippen LogP contribution in [0.5, 0.6) is 5.75 Å². The molecule has 2 unspecified atom stereocenters. The Balaban J connectivity index is 1.54. The smallest absolute Gasteiger partial charge is 0.337 e. The Hall–Kier alpha value is -3.31. The zero-order chi connectivity index (χ0) is 20.7. The van der Waals surface area contributed by atoms with Crippen LogP contribution in [0.25, 0.3) is 0 Å². The SMILES string of the molecule is COC(=O)c1ccc(C2Oc3ccccc3C3CC(c4ccc(Cl)cc4)=NN32)cc1. The monoisotopic (exact) mass is 418 g/mol. The van der Waals surface area contributed by atoms with Gasteiger partial charge in [-0.2, -0.15) is 5.10 Å². The summed E-state index contributed by atoms with van der Waals surface area (Å²) in [7, 11) is 1.37. The van der Waals surface area contributed by atoms with Gasteiger partial charge in [0, 0.05) is 22.6 Å². The van der Waals surface area contributed by atoms with Crippen molar-refractivity contribution in [1.29, 1.82) is 0 Å². The topological polar surface area (TPSA) is 51.1 Å². The molecule has 0 amide bonds. The van der Waals surface area contributed by atoms with E-state index in [0.717, 1.165) is 34.6 Å². The number of halogens is 1. The normalized spacial score (nSPS) is 19.4. The minimum absolute atomic E-state index is 0.0749. The molecule has 6 heteroatoms. The number of carbonyl (C=O) groups is 1. The van der Waals surface area contributed by atoms with Crippen molar-refractivity contribution in [2.75, 3.05) is 7.11 Å². The lowest BCUT2D eigenvalue weighted by Crippen LogP contribution is -2.33. The summed E-state index contributed by atoms with van der Waals surface area (Å²) in [5.41, 5.74) is 4.58. The van der Waals surface area contributed by atoms with E-state index in [1.165, 1.54) is 7.11 Å². The fourth-order valence-electron chi connectivity index (χ4n) is 3.97. The van der Waals surface area contributed by atoms with Crippen molar-refractivity contribution < 1.29 is 14.3 Å². The number of hydrazone groups is 1. The highest BCUT2D eigenvalue weighted by Gasteiger charge is 2.40. The number of para-hydroxylation sites is 1. The largest absolute Gasteiger partial charge is 0.465 e. The second kappa shape index (κ2) is 7.50. The number of rotatable bonds is 3. The third-order valence-corrected chi connectivity index (χ3v) is 5.75. The molecule has 5 nitrogen and oxygen atoms in total. The summed E-state index contributed by atoms with van der Waals surface area (Å²) in [5, 5.41) is 7.65. The number of carbonyl (C=O) groups excluding carboxylic acids is 1. The molecule has 0 spiro atoms. The molecule has 0 aliphatic carbocycles. The van der Waals surface area contributed by atoms with Gasteiger partial charge in [-0.25, -0.2) is 9.80 Å². The fraction of sp³-hybridized carbons (Fsp3) is 0.167. The molecular formula is C24H19ClN2O3. The van der Waals surface area contributed by atoms with E-state index in [-0.39, 0.29) is 18.2 Å². The number of hydrogen-bond acceptors (Lipinski definition) is 5. The van der Waals surface area contributed by atoms with Gasteiger partial charge in [0.2, 0.25) is 6.23 Å². The van der Waals surface area contributed by atoms with E-state index < -0.39 is 0 Å². The maximum absolute atomic E-state index is 11.8. The molecule has 0 aromatic heterocycles. The zero-order valence-corrected chi connectivity index (χ0v) is 17.0. The van der Waals surface area contributed by atoms with Gasteiger partial charge >= 0.3 is 5.97 Å². The van der Waals surface area contributed by atoms with Crippen molar-refractivity contribution in [3.05, 3.63) is 100 Å². The van der Waals surface area contributed by atoms with Crippen LogP contribution >= 0.6 is 11.6 Å². The van der Waals surface area contributed by atoms with E-state index >= 15 is 0 Å². The molecule has 0 saturated carbocycles. The van der Waals surface area contributed by atoms with Gasteiger partial charge < -0.3 is 9.47 Å². The maximum atomic E-state index is 11.8. The molecule has 5 rings (SSSR count). The minimum atomic E-state index is -0.388. The van der Waals surface area contributed by atoms with Crippen LogP contribution in [0.1, 0.15) is 45.7 Å². The molecule has 150 valence electrons. The van der Waals surface area contributed by atoms with Gasteiger partial charge in [0.25, 0.3) is 0 Å². The number of fused-ring (bicyclic) bond motifs is 3. The average Bonchev–Trinajstić information content (AvgIpc) is 3.24. The zero-order valence-electron chi connectivity index (χ0n) is 16.3. The lowest BCUT2D eigenvalue weighted by Gasteiger charge is -2.38. The van der Waals surface area contributed by atoms with Gasteiger partial charge in [-0.3, -0.25) is 0 Å². The van der Waals surface area contributed by atoms with E-state index in [2.05, 4.69) is 6.07 Å². The molecule has 0 radical (unpaired) electrons. The molecule has 0 bridgehead atoms. The Morgan fingerprint density at radius 1 is 1.07 bits per heavy atom. The van der Waals surface area contributed by atoms with Gasteiger partial charge in [-0.15, -0.1) is 0 Å². The van der Waals surface area contributed by atoms with Crippen LogP contribution in [0.3, 0.4) is 0 Å². The second-order valence-corrected chi connectivity index (χ2v) is 7.71. The summed E-state index contributed by atoms with van der Waals surface area (Å²) in [6.07, 6.45) is 0.389. The quantitative estimate of drug-likeness (QED) is 0.536. The Morgan fingerprint density at radius 2 is 1.80 bits per heavy atom. The van der Waals surface area contributed by atoms with Gasteiger partial charge in [-0.05, 0) is 35.9 Å². The van der Waals surface area contributed by atoms with E-state index in [1.807, 2.05) is 59.6 Å². The van der Waals surface area contributed by atoms with Crippen molar-refractivity contribution in [3.8, 4) is 5.75 Å². The predicted octanol–water partition coefficient (Wildman–Crippen LogP) is 5.37. The molecule has 3 aromatic carbocycles. The molecule has 0 fully saturated rings. The van der Waals surface area contributed by atoms with Gasteiger partial charge in [0.15, 0.2) is 0 Å². The third-order valence-electron chi connectivity index (χ3n) is 5.49. The minimum Gasteiger partial charge on any atom is -0.465 e. The first-order chi connectivity index (χ1) is 14.6. The van der Waals surface area contributed by atoms with Crippen LogP contribution in [0.2, 0.25) is 5.02 Å². The van der Waals surface area contributed by atoms with Crippen molar-refractivity contribution in [3.63, 3.8) is 0 Å². The molecule has 2 atom stereocenters. The van der Waals surface area contributed by atoms with Crippen LogP contribution in [-0.2, 0) is 4.74 Å². The molecule has 2 aliphatic heterocycles. The van der Waals surface area contributed by atoms with Crippen molar-refractivity contribution in [2.45, 2.75) is 18.7 Å². The molecule has 0 N–H and O–H groups in total. The first kappa shape index (κ1) is 18.7. The molecule has 0 saturated heterocycles. The number of nitrogens with zero attached hydrogens (tertiary/aromatic N) is 2. The number of hydrogen-bond donors (Lipinski definition) is 0. The standard InChI is InChI=1S/C24H19ClN2O3/c1-29-24(28)17-8-6-16(7-9-17)23-27-21(19-4-2-3-5-22(19)30-23)14-20(26-27)15-10-12-18(25)13-11-15/h2-13,21,23H,14H2,1H3. The Bertz CT molecular complexity index is 1130. The summed E-state index contributed by atoms with van der Waals surface area (Å²) >= 11 is 6.05. The summed E-state index contributed by atoms with van der Waals surface area (Å²) in [6, 6.07) is 23.2. The second-order valence-electron chi connectivity index (χ2n) is 7.28. The summed E-state index contributed by atoms with van der Waals surface area (Å²) in [4.78, 5) is 11.8. The summed E-state index contributed by atoms with van der Waals surface area (Å²) in [5.74, 6) is 0.493. The van der Waals surface area contributed by atoms with Crippen LogP contribution in [0, 0.1) is 0 Å². The lowest BCUT2D eigenvalue weighted by molar-refractivity contribution is -0.0190. The predicted molar refractivity (Wildman–Crippen MR) is 115 cm³/mol. The van der Waals surface area contributed by atoms with E-state index in [9.17, 15) is 4.79 Å². The highest BCUT2D eigenvalue weighted by atomic mass is 35.5. The summed E-state index contributed by atoms with van der Waals surface area (Å²) < 4.78 is 11.1.